The molecule has 1 aromatic carbocycles. The molecule has 0 saturated carbocycles. The molecule has 0 aliphatic heterocycles. The Hall–Kier alpha value is -2.30. The van der Waals surface area contributed by atoms with Gasteiger partial charge in [-0.05, 0) is 18.2 Å². The molecule has 0 aliphatic carbocycles. The van der Waals surface area contributed by atoms with Gasteiger partial charge in [-0.1, -0.05) is 0 Å². The number of hydrogen-bond donors (Lipinski definition) is 2. The number of primary amides is 1. The molecular formula is C10H7N3O2. The number of nitrogens with zero attached hydrogens (tertiary/aromatic N) is 1. The average Bonchev–Trinajstić information content (AvgIpc) is 2.82. The molecule has 0 bridgehead atoms. The molecule has 3 rings (SSSR count). The van der Waals surface area contributed by atoms with Gasteiger partial charge in [0, 0.05) is 10.8 Å². The second-order valence-corrected chi connectivity index (χ2v) is 3.29. The van der Waals surface area contributed by atoms with E-state index in [1.165, 1.54) is 0 Å². The van der Waals surface area contributed by atoms with Gasteiger partial charge in [0.25, 0.3) is 5.91 Å². The normalized spacial score (nSPS) is 11.2. The molecule has 5 nitrogen and oxygen atoms in total. The van der Waals surface area contributed by atoms with Crippen molar-refractivity contribution < 1.29 is 9.21 Å². The molecule has 3 N–H and O–H groups in total. The van der Waals surface area contributed by atoms with Gasteiger partial charge >= 0.3 is 0 Å². The van der Waals surface area contributed by atoms with Crippen LogP contribution in [0.5, 0.6) is 0 Å². The molecule has 74 valence electrons. The predicted octanol–water partition coefficient (Wildman–Crippen LogP) is 1.41. The van der Waals surface area contributed by atoms with Gasteiger partial charge in [0.05, 0.1) is 11.7 Å². The Balaban J connectivity index is 2.46. The van der Waals surface area contributed by atoms with E-state index in [-0.39, 0.29) is 5.76 Å². The number of rotatable bonds is 1. The van der Waals surface area contributed by atoms with E-state index in [2.05, 4.69) is 10.2 Å². The molecular weight excluding hydrogens is 194 g/mol. The Morgan fingerprint density at radius 1 is 1.47 bits per heavy atom. The van der Waals surface area contributed by atoms with E-state index in [4.69, 9.17) is 10.2 Å². The number of carbonyl (C=O) groups is 1. The van der Waals surface area contributed by atoms with E-state index in [1.807, 2.05) is 6.07 Å². The lowest BCUT2D eigenvalue weighted by molar-refractivity contribution is 0.0976. The van der Waals surface area contributed by atoms with Crippen LogP contribution < -0.4 is 5.73 Å². The van der Waals surface area contributed by atoms with Crippen molar-refractivity contribution in [1.82, 2.24) is 10.2 Å². The molecule has 0 aliphatic rings. The standard InChI is InChI=1S/C10H7N3O2/c11-10(14)8-3-6-7(15-8)2-1-5-4-12-13-9(5)6/h1-4H,(H2,11,14)(H,12,13). The highest BCUT2D eigenvalue weighted by molar-refractivity contribution is 6.06. The molecule has 0 saturated heterocycles. The zero-order valence-corrected chi connectivity index (χ0v) is 7.65. The molecule has 0 radical (unpaired) electrons. The average molecular weight is 201 g/mol. The van der Waals surface area contributed by atoms with Gasteiger partial charge in [0.15, 0.2) is 5.76 Å². The van der Waals surface area contributed by atoms with E-state index in [0.29, 0.717) is 5.58 Å². The Morgan fingerprint density at radius 2 is 2.33 bits per heavy atom. The highest BCUT2D eigenvalue weighted by Gasteiger charge is 2.11. The third-order valence-corrected chi connectivity index (χ3v) is 2.36. The number of furan rings is 1. The minimum Gasteiger partial charge on any atom is -0.451 e. The maximum absolute atomic E-state index is 10.9. The van der Waals surface area contributed by atoms with Gasteiger partial charge in [-0.25, -0.2) is 0 Å². The Morgan fingerprint density at radius 3 is 3.13 bits per heavy atom. The number of carbonyl (C=O) groups excluding carboxylic acids is 1. The smallest absolute Gasteiger partial charge is 0.284 e. The van der Waals surface area contributed by atoms with Crippen LogP contribution in [0.15, 0.2) is 28.8 Å². The number of hydrogen-bond acceptors (Lipinski definition) is 3. The van der Waals surface area contributed by atoms with Crippen molar-refractivity contribution in [2.45, 2.75) is 0 Å². The van der Waals surface area contributed by atoms with Crippen molar-refractivity contribution in [2.24, 2.45) is 5.73 Å². The van der Waals surface area contributed by atoms with Crippen LogP contribution in [0.4, 0.5) is 0 Å². The van der Waals surface area contributed by atoms with Crippen LogP contribution >= 0.6 is 0 Å². The molecule has 2 aromatic heterocycles. The van der Waals surface area contributed by atoms with E-state index in [1.54, 1.807) is 18.3 Å². The van der Waals surface area contributed by atoms with Crippen molar-refractivity contribution in [1.29, 1.82) is 0 Å². The fourth-order valence-electron chi connectivity index (χ4n) is 1.65. The van der Waals surface area contributed by atoms with Crippen LogP contribution in [0.1, 0.15) is 10.6 Å². The fraction of sp³-hybridized carbons (Fsp3) is 0. The zero-order valence-electron chi connectivity index (χ0n) is 7.65. The lowest BCUT2D eigenvalue weighted by atomic mass is 10.2. The summed E-state index contributed by atoms with van der Waals surface area (Å²) >= 11 is 0. The van der Waals surface area contributed by atoms with Crippen LogP contribution in [0.25, 0.3) is 21.9 Å². The maximum atomic E-state index is 10.9. The summed E-state index contributed by atoms with van der Waals surface area (Å²) in [7, 11) is 0. The van der Waals surface area contributed by atoms with Gasteiger partial charge in [0.2, 0.25) is 0 Å². The highest BCUT2D eigenvalue weighted by Crippen LogP contribution is 2.26. The molecule has 3 aromatic rings. The van der Waals surface area contributed by atoms with Gasteiger partial charge in [0.1, 0.15) is 5.58 Å². The SMILES string of the molecule is NC(=O)c1cc2c(ccc3cn[nH]c32)o1. The van der Waals surface area contributed by atoms with Crippen LogP contribution in [0.3, 0.4) is 0 Å². The second-order valence-electron chi connectivity index (χ2n) is 3.29. The summed E-state index contributed by atoms with van der Waals surface area (Å²) in [6, 6.07) is 5.28. The number of H-pyrrole nitrogens is 1. The van der Waals surface area contributed by atoms with E-state index < -0.39 is 5.91 Å². The minimum absolute atomic E-state index is 0.159. The largest absolute Gasteiger partial charge is 0.451 e. The number of aromatic nitrogens is 2. The summed E-state index contributed by atoms with van der Waals surface area (Å²) in [5.74, 6) is -0.411. The molecule has 1 amide bonds. The van der Waals surface area contributed by atoms with Gasteiger partial charge < -0.3 is 10.2 Å². The number of nitrogens with one attached hydrogen (secondary N) is 1. The topological polar surface area (TPSA) is 84.9 Å². The number of fused-ring (bicyclic) bond motifs is 3. The first kappa shape index (κ1) is 8.05. The molecule has 5 heteroatoms. The summed E-state index contributed by atoms with van der Waals surface area (Å²) in [6.45, 7) is 0. The Kier molecular flexibility index (Phi) is 1.39. The van der Waals surface area contributed by atoms with Gasteiger partial charge in [-0.15, -0.1) is 0 Å². The number of amides is 1. The lowest BCUT2D eigenvalue weighted by Crippen LogP contribution is -2.08. The second kappa shape index (κ2) is 2.60. The Labute approximate surface area is 83.9 Å². The quantitative estimate of drug-likeness (QED) is 0.624. The first-order valence-corrected chi connectivity index (χ1v) is 4.41. The third-order valence-electron chi connectivity index (χ3n) is 2.36. The van der Waals surface area contributed by atoms with E-state index in [9.17, 15) is 4.79 Å². The van der Waals surface area contributed by atoms with Crippen molar-refractivity contribution in [3.8, 4) is 0 Å². The summed E-state index contributed by atoms with van der Waals surface area (Å²) in [4.78, 5) is 10.9. The highest BCUT2D eigenvalue weighted by atomic mass is 16.3. The zero-order chi connectivity index (χ0) is 10.4. The number of benzene rings is 1. The fourth-order valence-corrected chi connectivity index (χ4v) is 1.65. The van der Waals surface area contributed by atoms with Crippen molar-refractivity contribution in [2.75, 3.05) is 0 Å². The molecule has 2 heterocycles. The van der Waals surface area contributed by atoms with Crippen LogP contribution in [-0.4, -0.2) is 16.1 Å². The van der Waals surface area contributed by atoms with E-state index >= 15 is 0 Å². The van der Waals surface area contributed by atoms with Crippen LogP contribution in [-0.2, 0) is 0 Å². The third kappa shape index (κ3) is 1.03. The predicted molar refractivity (Wildman–Crippen MR) is 54.4 cm³/mol. The van der Waals surface area contributed by atoms with Crippen LogP contribution in [0, 0.1) is 0 Å². The van der Waals surface area contributed by atoms with Gasteiger partial charge in [-0.2, -0.15) is 5.10 Å². The summed E-state index contributed by atoms with van der Waals surface area (Å²) in [6.07, 6.45) is 1.71. The van der Waals surface area contributed by atoms with E-state index in [0.717, 1.165) is 16.3 Å². The van der Waals surface area contributed by atoms with Gasteiger partial charge in [-0.3, -0.25) is 9.89 Å². The monoisotopic (exact) mass is 201 g/mol. The number of aromatic amines is 1. The molecule has 0 atom stereocenters. The van der Waals surface area contributed by atoms with Crippen molar-refractivity contribution in [3.05, 3.63) is 30.2 Å². The van der Waals surface area contributed by atoms with Crippen molar-refractivity contribution in [3.63, 3.8) is 0 Å². The summed E-state index contributed by atoms with van der Waals surface area (Å²) in [5, 5.41) is 8.57. The summed E-state index contributed by atoms with van der Waals surface area (Å²) in [5.41, 5.74) is 6.61. The van der Waals surface area contributed by atoms with Crippen LogP contribution in [0.2, 0.25) is 0 Å². The molecule has 15 heavy (non-hydrogen) atoms. The summed E-state index contributed by atoms with van der Waals surface area (Å²) < 4.78 is 5.28. The maximum Gasteiger partial charge on any atom is 0.284 e. The number of nitrogens with two attached hydrogens (primary N) is 1. The first-order chi connectivity index (χ1) is 7.25. The lowest BCUT2D eigenvalue weighted by Gasteiger charge is -1.88. The first-order valence-electron chi connectivity index (χ1n) is 4.41. The Bertz CT molecular complexity index is 665. The van der Waals surface area contributed by atoms with Crippen molar-refractivity contribution >= 4 is 27.8 Å². The minimum atomic E-state index is -0.570. The molecule has 0 unspecified atom stereocenters. The molecule has 0 fully saturated rings. The molecule has 0 spiro atoms.